The Morgan fingerprint density at radius 3 is 2.61 bits per heavy atom. The molecule has 0 spiro atoms. The van der Waals surface area contributed by atoms with Crippen LogP contribution in [0.1, 0.15) is 37.1 Å². The number of rotatable bonds is 4. The van der Waals surface area contributed by atoms with Gasteiger partial charge >= 0.3 is 0 Å². The van der Waals surface area contributed by atoms with Crippen LogP contribution < -0.4 is 9.47 Å². The highest BCUT2D eigenvalue weighted by molar-refractivity contribution is 5.46. The highest BCUT2D eigenvalue weighted by Crippen LogP contribution is 2.39. The van der Waals surface area contributed by atoms with Gasteiger partial charge in [0.2, 0.25) is 6.79 Å². The van der Waals surface area contributed by atoms with Crippen molar-refractivity contribution in [3.63, 3.8) is 0 Å². The van der Waals surface area contributed by atoms with Gasteiger partial charge in [-0.15, -0.1) is 0 Å². The van der Waals surface area contributed by atoms with Crippen molar-refractivity contribution < 1.29 is 18.9 Å². The Kier molecular flexibility index (Phi) is 4.98. The SMILES string of the molecule is CN(C(C#N)c1ccc2c(c1)OCO2)[C@@H]1COC(C)(C)O[C@@H]1c1ccccc1. The van der Waals surface area contributed by atoms with E-state index in [1.54, 1.807) is 0 Å². The molecule has 28 heavy (non-hydrogen) atoms. The van der Waals surface area contributed by atoms with Gasteiger partial charge in [-0.2, -0.15) is 5.26 Å². The van der Waals surface area contributed by atoms with Crippen LogP contribution in [0.15, 0.2) is 48.5 Å². The molecule has 0 N–H and O–H groups in total. The van der Waals surface area contributed by atoms with Crippen LogP contribution in [0.25, 0.3) is 0 Å². The molecule has 0 saturated carbocycles. The monoisotopic (exact) mass is 380 g/mol. The maximum atomic E-state index is 9.94. The third-order valence-corrected chi connectivity index (χ3v) is 5.26. The fraction of sp³-hybridized carbons (Fsp3) is 0.409. The van der Waals surface area contributed by atoms with E-state index >= 15 is 0 Å². The van der Waals surface area contributed by atoms with Crippen molar-refractivity contribution in [2.75, 3.05) is 20.4 Å². The number of hydrogen-bond acceptors (Lipinski definition) is 6. The van der Waals surface area contributed by atoms with Gasteiger partial charge in [0.25, 0.3) is 0 Å². The molecule has 0 bridgehead atoms. The van der Waals surface area contributed by atoms with Gasteiger partial charge in [-0.3, -0.25) is 4.90 Å². The van der Waals surface area contributed by atoms with E-state index in [0.29, 0.717) is 18.1 Å². The zero-order valence-corrected chi connectivity index (χ0v) is 16.3. The molecule has 0 radical (unpaired) electrons. The first-order chi connectivity index (χ1) is 13.5. The van der Waals surface area contributed by atoms with E-state index < -0.39 is 11.8 Å². The van der Waals surface area contributed by atoms with Crippen LogP contribution in [0.2, 0.25) is 0 Å². The molecule has 3 atom stereocenters. The van der Waals surface area contributed by atoms with Crippen LogP contribution in [-0.4, -0.2) is 37.2 Å². The Labute approximate surface area is 165 Å². The molecular weight excluding hydrogens is 356 g/mol. The number of nitriles is 1. The van der Waals surface area contributed by atoms with Crippen LogP contribution in [0.4, 0.5) is 0 Å². The lowest BCUT2D eigenvalue weighted by Crippen LogP contribution is -2.51. The van der Waals surface area contributed by atoms with Gasteiger partial charge in [0.1, 0.15) is 12.1 Å². The van der Waals surface area contributed by atoms with Crippen molar-refractivity contribution in [3.8, 4) is 17.6 Å². The van der Waals surface area contributed by atoms with Crippen LogP contribution >= 0.6 is 0 Å². The molecule has 0 aromatic heterocycles. The summed E-state index contributed by atoms with van der Waals surface area (Å²) in [5.74, 6) is 0.693. The lowest BCUT2D eigenvalue weighted by atomic mass is 9.96. The Hall–Kier alpha value is -2.59. The van der Waals surface area contributed by atoms with E-state index in [0.717, 1.165) is 11.1 Å². The summed E-state index contributed by atoms with van der Waals surface area (Å²) in [6.45, 7) is 4.50. The number of benzene rings is 2. The topological polar surface area (TPSA) is 64.0 Å². The maximum absolute atomic E-state index is 9.94. The normalized spacial score (nSPS) is 24.0. The van der Waals surface area contributed by atoms with Gasteiger partial charge in [-0.25, -0.2) is 0 Å². The maximum Gasteiger partial charge on any atom is 0.231 e. The first-order valence-corrected chi connectivity index (χ1v) is 9.36. The average Bonchev–Trinajstić information content (AvgIpc) is 3.16. The molecule has 2 aromatic rings. The second-order valence-electron chi connectivity index (χ2n) is 7.54. The summed E-state index contributed by atoms with van der Waals surface area (Å²) in [5, 5.41) is 9.94. The van der Waals surface area contributed by atoms with Crippen molar-refractivity contribution in [1.29, 1.82) is 5.26 Å². The van der Waals surface area contributed by atoms with Crippen molar-refractivity contribution in [1.82, 2.24) is 4.90 Å². The highest BCUT2D eigenvalue weighted by atomic mass is 16.7. The molecule has 1 unspecified atom stereocenters. The zero-order valence-electron chi connectivity index (χ0n) is 16.3. The summed E-state index contributed by atoms with van der Waals surface area (Å²) in [7, 11) is 1.93. The molecule has 0 amide bonds. The van der Waals surface area contributed by atoms with E-state index in [4.69, 9.17) is 18.9 Å². The molecule has 6 heteroatoms. The zero-order chi connectivity index (χ0) is 19.7. The third kappa shape index (κ3) is 3.57. The fourth-order valence-corrected chi connectivity index (χ4v) is 3.73. The summed E-state index contributed by atoms with van der Waals surface area (Å²) in [6.07, 6.45) is -0.209. The number of hydrogen-bond donors (Lipinski definition) is 0. The second kappa shape index (κ2) is 7.44. The summed E-state index contributed by atoms with van der Waals surface area (Å²) >= 11 is 0. The largest absolute Gasteiger partial charge is 0.454 e. The van der Waals surface area contributed by atoms with E-state index in [-0.39, 0.29) is 18.9 Å². The molecule has 2 aliphatic rings. The Morgan fingerprint density at radius 1 is 1.11 bits per heavy atom. The van der Waals surface area contributed by atoms with Gasteiger partial charge in [0, 0.05) is 0 Å². The molecule has 1 fully saturated rings. The number of nitrogens with zero attached hydrogens (tertiary/aromatic N) is 2. The van der Waals surface area contributed by atoms with E-state index in [2.05, 4.69) is 18.2 Å². The highest BCUT2D eigenvalue weighted by Gasteiger charge is 2.41. The van der Waals surface area contributed by atoms with E-state index in [1.165, 1.54) is 0 Å². The standard InChI is InChI=1S/C22H24N2O4/c1-22(2)27-13-18(21(28-22)15-7-5-4-6-8-15)24(3)17(12-23)16-9-10-19-20(11-16)26-14-25-19/h4-11,17-18,21H,13-14H2,1-3H3/t17?,18-,21-/m1/s1. The Balaban J connectivity index is 1.64. The predicted octanol–water partition coefficient (Wildman–Crippen LogP) is 3.80. The smallest absolute Gasteiger partial charge is 0.231 e. The third-order valence-electron chi connectivity index (χ3n) is 5.26. The average molecular weight is 380 g/mol. The van der Waals surface area contributed by atoms with E-state index in [1.807, 2.05) is 62.2 Å². The van der Waals surface area contributed by atoms with Crippen LogP contribution in [0.3, 0.4) is 0 Å². The quantitative estimate of drug-likeness (QED) is 0.804. The minimum absolute atomic E-state index is 0.120. The van der Waals surface area contributed by atoms with Crippen molar-refractivity contribution in [3.05, 3.63) is 59.7 Å². The Bertz CT molecular complexity index is 878. The van der Waals surface area contributed by atoms with Crippen LogP contribution in [0.5, 0.6) is 11.5 Å². The number of likely N-dealkylation sites (N-methyl/N-ethyl adjacent to an activating group) is 1. The molecular formula is C22H24N2O4. The minimum atomic E-state index is -0.682. The molecule has 6 nitrogen and oxygen atoms in total. The van der Waals surface area contributed by atoms with Crippen molar-refractivity contribution >= 4 is 0 Å². The lowest BCUT2D eigenvalue weighted by molar-refractivity contribution is -0.297. The van der Waals surface area contributed by atoms with Gasteiger partial charge in [0.15, 0.2) is 17.3 Å². The molecule has 0 aliphatic carbocycles. The van der Waals surface area contributed by atoms with Crippen molar-refractivity contribution in [2.45, 2.75) is 37.8 Å². The summed E-state index contributed by atoms with van der Waals surface area (Å²) in [6, 6.07) is 17.5. The molecule has 2 aliphatic heterocycles. The molecule has 2 heterocycles. The number of fused-ring (bicyclic) bond motifs is 1. The fourth-order valence-electron chi connectivity index (χ4n) is 3.73. The molecule has 4 rings (SSSR count). The van der Waals surface area contributed by atoms with Crippen LogP contribution in [0, 0.1) is 11.3 Å². The first-order valence-electron chi connectivity index (χ1n) is 9.36. The van der Waals surface area contributed by atoms with Crippen LogP contribution in [-0.2, 0) is 9.47 Å². The second-order valence-corrected chi connectivity index (χ2v) is 7.54. The van der Waals surface area contributed by atoms with Gasteiger partial charge in [0.05, 0.1) is 18.7 Å². The van der Waals surface area contributed by atoms with Gasteiger partial charge in [-0.05, 0) is 44.2 Å². The lowest BCUT2D eigenvalue weighted by Gasteiger charge is -2.45. The molecule has 146 valence electrons. The van der Waals surface area contributed by atoms with Crippen molar-refractivity contribution in [2.24, 2.45) is 0 Å². The Morgan fingerprint density at radius 2 is 1.86 bits per heavy atom. The van der Waals surface area contributed by atoms with Gasteiger partial charge in [-0.1, -0.05) is 36.4 Å². The summed E-state index contributed by atoms with van der Waals surface area (Å²) in [4.78, 5) is 2.02. The van der Waals surface area contributed by atoms with Gasteiger partial charge < -0.3 is 18.9 Å². The molecule has 2 aromatic carbocycles. The summed E-state index contributed by atoms with van der Waals surface area (Å²) < 4.78 is 23.1. The van der Waals surface area contributed by atoms with E-state index in [9.17, 15) is 5.26 Å². The minimum Gasteiger partial charge on any atom is -0.454 e. The molecule has 1 saturated heterocycles. The predicted molar refractivity (Wildman–Crippen MR) is 103 cm³/mol. The first kappa shape index (κ1) is 18.8. The number of ether oxygens (including phenoxy) is 4. The summed E-state index contributed by atoms with van der Waals surface area (Å²) in [5.41, 5.74) is 1.92.